The van der Waals surface area contributed by atoms with Gasteiger partial charge in [-0.2, -0.15) is 0 Å². The molecular weight excluding hydrogens is 348 g/mol. The van der Waals surface area contributed by atoms with Crippen LogP contribution in [-0.2, 0) is 17.6 Å². The standard InChI is InChI=1S/C20H23ClN4O/c21-15-7-3-5-13(11-15)19-23-17-9-2-1-8-16(17)20(24-19)25-10-4-6-14(12-25)18(22)26/h3,5,7,11,14H,1-2,4,6,8-10,12H2,(H2,22,26)/t14-/m1/s1. The smallest absolute Gasteiger partial charge is 0.222 e. The fourth-order valence-corrected chi connectivity index (χ4v) is 4.18. The molecule has 2 N–H and O–H groups in total. The zero-order chi connectivity index (χ0) is 18.1. The number of nitrogens with two attached hydrogens (primary N) is 1. The third-order valence-corrected chi connectivity index (χ3v) is 5.60. The van der Waals surface area contributed by atoms with E-state index in [2.05, 4.69) is 4.90 Å². The molecule has 1 saturated heterocycles. The van der Waals surface area contributed by atoms with Gasteiger partial charge in [0.05, 0.1) is 5.92 Å². The van der Waals surface area contributed by atoms with Crippen LogP contribution in [0.5, 0.6) is 0 Å². The van der Waals surface area contributed by atoms with Gasteiger partial charge in [-0.15, -0.1) is 0 Å². The maximum Gasteiger partial charge on any atom is 0.222 e. The lowest BCUT2D eigenvalue weighted by molar-refractivity contribution is -0.122. The molecule has 136 valence electrons. The van der Waals surface area contributed by atoms with E-state index >= 15 is 0 Å². The summed E-state index contributed by atoms with van der Waals surface area (Å²) in [5, 5.41) is 0.678. The van der Waals surface area contributed by atoms with Crippen LogP contribution in [0.3, 0.4) is 0 Å². The van der Waals surface area contributed by atoms with Crippen molar-refractivity contribution in [3.63, 3.8) is 0 Å². The van der Waals surface area contributed by atoms with Crippen LogP contribution in [0.4, 0.5) is 5.82 Å². The first-order chi connectivity index (χ1) is 12.6. The Morgan fingerprint density at radius 2 is 2.04 bits per heavy atom. The van der Waals surface area contributed by atoms with E-state index in [-0.39, 0.29) is 11.8 Å². The maximum atomic E-state index is 11.7. The van der Waals surface area contributed by atoms with E-state index in [0.29, 0.717) is 17.4 Å². The fourth-order valence-electron chi connectivity index (χ4n) is 3.99. The molecule has 1 aromatic heterocycles. The van der Waals surface area contributed by atoms with E-state index in [1.807, 2.05) is 24.3 Å². The number of hydrogen-bond acceptors (Lipinski definition) is 4. The second-order valence-corrected chi connectivity index (χ2v) is 7.64. The number of halogens is 1. The molecule has 1 amide bonds. The van der Waals surface area contributed by atoms with Crippen molar-refractivity contribution in [1.29, 1.82) is 0 Å². The van der Waals surface area contributed by atoms with E-state index in [4.69, 9.17) is 27.3 Å². The molecule has 5 nitrogen and oxygen atoms in total. The number of benzene rings is 1. The number of fused-ring (bicyclic) bond motifs is 1. The average molecular weight is 371 g/mol. The van der Waals surface area contributed by atoms with Crippen LogP contribution < -0.4 is 10.6 Å². The van der Waals surface area contributed by atoms with Gasteiger partial charge in [-0.1, -0.05) is 23.7 Å². The van der Waals surface area contributed by atoms with Gasteiger partial charge in [0.15, 0.2) is 5.82 Å². The summed E-state index contributed by atoms with van der Waals surface area (Å²) >= 11 is 6.16. The Balaban J connectivity index is 1.77. The van der Waals surface area contributed by atoms with Gasteiger partial charge in [0.1, 0.15) is 5.82 Å². The Hall–Kier alpha value is -2.14. The molecule has 1 aliphatic heterocycles. The number of aryl methyl sites for hydroxylation is 1. The van der Waals surface area contributed by atoms with Crippen molar-refractivity contribution in [3.8, 4) is 11.4 Å². The lowest BCUT2D eigenvalue weighted by Gasteiger charge is -2.34. The summed E-state index contributed by atoms with van der Waals surface area (Å²) in [6, 6.07) is 7.66. The molecule has 1 aromatic carbocycles. The fraction of sp³-hybridized carbons (Fsp3) is 0.450. The highest BCUT2D eigenvalue weighted by Gasteiger charge is 2.28. The third-order valence-electron chi connectivity index (χ3n) is 5.37. The van der Waals surface area contributed by atoms with Crippen molar-refractivity contribution >= 4 is 23.3 Å². The first kappa shape index (κ1) is 17.3. The SMILES string of the molecule is NC(=O)[C@@H]1CCCN(c2nc(-c3cccc(Cl)c3)nc3c2CCCC3)C1. The highest BCUT2D eigenvalue weighted by atomic mass is 35.5. The molecule has 6 heteroatoms. The molecule has 2 heterocycles. The summed E-state index contributed by atoms with van der Waals surface area (Å²) in [5.74, 6) is 1.38. The normalized spacial score (nSPS) is 19.9. The van der Waals surface area contributed by atoms with Gasteiger partial charge < -0.3 is 10.6 Å². The Morgan fingerprint density at radius 3 is 2.85 bits per heavy atom. The number of carbonyl (C=O) groups is 1. The van der Waals surface area contributed by atoms with Crippen LogP contribution in [0.2, 0.25) is 5.02 Å². The predicted octanol–water partition coefficient (Wildman–Crippen LogP) is 3.38. The summed E-state index contributed by atoms with van der Waals surface area (Å²) in [4.78, 5) is 23.7. The molecule has 2 aliphatic rings. The van der Waals surface area contributed by atoms with Crippen LogP contribution in [0, 0.1) is 5.92 Å². The van der Waals surface area contributed by atoms with Gasteiger partial charge in [0, 0.05) is 34.9 Å². The summed E-state index contributed by atoms with van der Waals surface area (Å²) in [6.07, 6.45) is 6.11. The number of carbonyl (C=O) groups excluding carboxylic acids is 1. The zero-order valence-electron chi connectivity index (χ0n) is 14.7. The molecule has 0 saturated carbocycles. The van der Waals surface area contributed by atoms with Gasteiger partial charge in [-0.25, -0.2) is 9.97 Å². The van der Waals surface area contributed by atoms with Crippen molar-refractivity contribution in [1.82, 2.24) is 9.97 Å². The highest BCUT2D eigenvalue weighted by Crippen LogP contribution is 2.33. The van der Waals surface area contributed by atoms with Crippen LogP contribution >= 0.6 is 11.6 Å². The van der Waals surface area contributed by atoms with E-state index in [1.165, 1.54) is 5.56 Å². The summed E-state index contributed by atoms with van der Waals surface area (Å²) in [7, 11) is 0. The number of nitrogens with zero attached hydrogens (tertiary/aromatic N) is 3. The van der Waals surface area contributed by atoms with Crippen molar-refractivity contribution in [2.75, 3.05) is 18.0 Å². The van der Waals surface area contributed by atoms with E-state index < -0.39 is 0 Å². The average Bonchev–Trinajstić information content (AvgIpc) is 2.67. The lowest BCUT2D eigenvalue weighted by Crippen LogP contribution is -2.42. The van der Waals surface area contributed by atoms with E-state index in [1.54, 1.807) is 0 Å². The Kier molecular flexibility index (Phi) is 4.81. The molecule has 0 unspecified atom stereocenters. The lowest BCUT2D eigenvalue weighted by atomic mass is 9.93. The second kappa shape index (κ2) is 7.23. The first-order valence-corrected chi connectivity index (χ1v) is 9.69. The maximum absolute atomic E-state index is 11.7. The summed E-state index contributed by atoms with van der Waals surface area (Å²) < 4.78 is 0. The van der Waals surface area contributed by atoms with Gasteiger partial charge >= 0.3 is 0 Å². The highest BCUT2D eigenvalue weighted by molar-refractivity contribution is 6.30. The number of primary amides is 1. The molecule has 2 aromatic rings. The summed E-state index contributed by atoms with van der Waals surface area (Å²) in [5.41, 5.74) is 8.88. The molecule has 0 radical (unpaired) electrons. The van der Waals surface area contributed by atoms with Gasteiger partial charge in [0.25, 0.3) is 0 Å². The molecule has 0 bridgehead atoms. The number of amides is 1. The minimum atomic E-state index is -0.215. The zero-order valence-corrected chi connectivity index (χ0v) is 15.5. The number of hydrogen-bond donors (Lipinski definition) is 1. The molecule has 1 aliphatic carbocycles. The monoisotopic (exact) mass is 370 g/mol. The largest absolute Gasteiger partial charge is 0.369 e. The van der Waals surface area contributed by atoms with Crippen molar-refractivity contribution in [2.24, 2.45) is 11.7 Å². The molecule has 26 heavy (non-hydrogen) atoms. The third kappa shape index (κ3) is 3.40. The number of aromatic nitrogens is 2. The molecule has 1 fully saturated rings. The van der Waals surface area contributed by atoms with Crippen LogP contribution in [0.15, 0.2) is 24.3 Å². The number of anilines is 1. The molecule has 0 spiro atoms. The minimum absolute atomic E-state index is 0.104. The Bertz CT molecular complexity index is 839. The van der Waals surface area contributed by atoms with E-state index in [9.17, 15) is 4.79 Å². The summed E-state index contributed by atoms with van der Waals surface area (Å²) in [6.45, 7) is 1.55. The van der Waals surface area contributed by atoms with Crippen molar-refractivity contribution < 1.29 is 4.79 Å². The Labute approximate surface area is 158 Å². The van der Waals surface area contributed by atoms with Crippen LogP contribution in [0.25, 0.3) is 11.4 Å². The predicted molar refractivity (Wildman–Crippen MR) is 103 cm³/mol. The van der Waals surface area contributed by atoms with Gasteiger partial charge in [0.2, 0.25) is 5.91 Å². The van der Waals surface area contributed by atoms with Crippen LogP contribution in [-0.4, -0.2) is 29.0 Å². The van der Waals surface area contributed by atoms with E-state index in [0.717, 1.165) is 62.1 Å². The first-order valence-electron chi connectivity index (χ1n) is 9.32. The molecule has 1 atom stereocenters. The van der Waals surface area contributed by atoms with Crippen molar-refractivity contribution in [3.05, 3.63) is 40.5 Å². The van der Waals surface area contributed by atoms with Gasteiger partial charge in [-0.3, -0.25) is 4.79 Å². The topological polar surface area (TPSA) is 72.1 Å². The van der Waals surface area contributed by atoms with Crippen LogP contribution in [0.1, 0.15) is 36.9 Å². The second-order valence-electron chi connectivity index (χ2n) is 7.20. The number of piperidine rings is 1. The van der Waals surface area contributed by atoms with Gasteiger partial charge in [-0.05, 0) is 50.7 Å². The number of rotatable bonds is 3. The minimum Gasteiger partial charge on any atom is -0.369 e. The van der Waals surface area contributed by atoms with Crippen molar-refractivity contribution in [2.45, 2.75) is 38.5 Å². The Morgan fingerprint density at radius 1 is 1.19 bits per heavy atom. The molecule has 4 rings (SSSR count). The quantitative estimate of drug-likeness (QED) is 0.898. The molecular formula is C20H23ClN4O.